The first kappa shape index (κ1) is 21.2. The van der Waals surface area contributed by atoms with Crippen molar-refractivity contribution in [3.8, 4) is 5.75 Å². The molecule has 2 aliphatic heterocycles. The van der Waals surface area contributed by atoms with Crippen LogP contribution in [0.3, 0.4) is 0 Å². The first-order valence-electron chi connectivity index (χ1n) is 9.99. The van der Waals surface area contributed by atoms with Gasteiger partial charge < -0.3 is 14.5 Å². The van der Waals surface area contributed by atoms with Gasteiger partial charge in [-0.25, -0.2) is 8.42 Å². The lowest BCUT2D eigenvalue weighted by molar-refractivity contribution is -0.135. The Morgan fingerprint density at radius 1 is 1.10 bits per heavy atom. The number of fused-ring (bicyclic) bond motifs is 2. The second-order valence-corrected chi connectivity index (χ2v) is 10.0. The summed E-state index contributed by atoms with van der Waals surface area (Å²) >= 11 is 0. The van der Waals surface area contributed by atoms with E-state index in [9.17, 15) is 18.0 Å². The van der Waals surface area contributed by atoms with Crippen LogP contribution in [0.4, 0.5) is 11.4 Å². The number of likely N-dealkylation sites (N-methyl/N-ethyl adjacent to an activating group) is 1. The highest BCUT2D eigenvalue weighted by atomic mass is 32.2. The minimum absolute atomic E-state index is 0.0931. The Morgan fingerprint density at radius 2 is 1.81 bits per heavy atom. The Morgan fingerprint density at radius 3 is 2.48 bits per heavy atom. The van der Waals surface area contributed by atoms with Crippen molar-refractivity contribution in [1.29, 1.82) is 0 Å². The second-order valence-electron chi connectivity index (χ2n) is 8.18. The third-order valence-corrected chi connectivity index (χ3v) is 6.84. The minimum Gasteiger partial charge on any atom is -0.476 e. The molecule has 0 saturated heterocycles. The molecule has 2 atom stereocenters. The molecule has 164 valence electrons. The molecule has 4 rings (SSSR count). The van der Waals surface area contributed by atoms with Crippen LogP contribution in [0, 0.1) is 0 Å². The van der Waals surface area contributed by atoms with Crippen LogP contribution in [0.5, 0.6) is 5.75 Å². The monoisotopic (exact) mass is 443 g/mol. The predicted octanol–water partition coefficient (Wildman–Crippen LogP) is 1.89. The number of nitrogens with zero attached hydrogens (tertiary/aromatic N) is 3. The molecule has 31 heavy (non-hydrogen) atoms. The number of amides is 2. The summed E-state index contributed by atoms with van der Waals surface area (Å²) in [6.45, 7) is 1.94. The van der Waals surface area contributed by atoms with E-state index in [2.05, 4.69) is 0 Å². The van der Waals surface area contributed by atoms with Gasteiger partial charge in [-0.2, -0.15) is 0 Å². The van der Waals surface area contributed by atoms with Crippen LogP contribution in [0.1, 0.15) is 22.8 Å². The number of sulfonamides is 1. The lowest BCUT2D eigenvalue weighted by atomic mass is 10.0. The number of para-hydroxylation sites is 2. The summed E-state index contributed by atoms with van der Waals surface area (Å²) < 4.78 is 31.6. The van der Waals surface area contributed by atoms with Gasteiger partial charge in [0.05, 0.1) is 24.2 Å². The number of benzene rings is 2. The fourth-order valence-electron chi connectivity index (χ4n) is 4.24. The number of carbonyl (C=O) groups excluding carboxylic acids is 2. The van der Waals surface area contributed by atoms with E-state index in [1.165, 1.54) is 15.5 Å². The molecule has 2 aliphatic rings. The Labute approximate surface area is 182 Å². The lowest BCUT2D eigenvalue weighted by Crippen LogP contribution is -2.50. The van der Waals surface area contributed by atoms with Crippen molar-refractivity contribution >= 4 is 33.2 Å². The maximum atomic E-state index is 13.5. The minimum atomic E-state index is -3.40. The highest BCUT2D eigenvalue weighted by molar-refractivity contribution is 7.92. The van der Waals surface area contributed by atoms with E-state index in [0.717, 1.165) is 5.56 Å². The number of hydrogen-bond acceptors (Lipinski definition) is 5. The summed E-state index contributed by atoms with van der Waals surface area (Å²) in [5.74, 6) is -0.0141. The molecule has 0 aromatic heterocycles. The van der Waals surface area contributed by atoms with E-state index in [1.807, 2.05) is 13.0 Å². The average Bonchev–Trinajstić information content (AvgIpc) is 3.06. The lowest BCUT2D eigenvalue weighted by Gasteiger charge is -2.35. The van der Waals surface area contributed by atoms with Crippen molar-refractivity contribution in [2.75, 3.05) is 36.1 Å². The number of rotatable bonds is 3. The second kappa shape index (κ2) is 7.56. The summed E-state index contributed by atoms with van der Waals surface area (Å²) in [4.78, 5) is 29.0. The molecule has 2 aromatic carbocycles. The molecular formula is C22H25N3O5S. The molecule has 0 spiro atoms. The Hall–Kier alpha value is -3.07. The smallest absolute Gasteiger partial charge is 0.265 e. The Balaban J connectivity index is 1.70. The first-order valence-corrected chi connectivity index (χ1v) is 11.8. The van der Waals surface area contributed by atoms with E-state index in [4.69, 9.17) is 4.74 Å². The Kier molecular flexibility index (Phi) is 5.17. The molecule has 8 nitrogen and oxygen atoms in total. The van der Waals surface area contributed by atoms with E-state index in [1.54, 1.807) is 55.4 Å². The largest absolute Gasteiger partial charge is 0.476 e. The van der Waals surface area contributed by atoms with Gasteiger partial charge in [0.15, 0.2) is 6.10 Å². The van der Waals surface area contributed by atoms with Gasteiger partial charge in [-0.05, 0) is 49.2 Å². The van der Waals surface area contributed by atoms with Crippen LogP contribution in [0.2, 0.25) is 0 Å². The fraction of sp³-hybridized carbons (Fsp3) is 0.364. The van der Waals surface area contributed by atoms with Gasteiger partial charge in [-0.3, -0.25) is 13.9 Å². The van der Waals surface area contributed by atoms with Crippen LogP contribution in [0.15, 0.2) is 42.5 Å². The van der Waals surface area contributed by atoms with Gasteiger partial charge in [-0.1, -0.05) is 12.1 Å². The molecule has 0 radical (unpaired) electrons. The van der Waals surface area contributed by atoms with Gasteiger partial charge in [0.2, 0.25) is 10.0 Å². The highest BCUT2D eigenvalue weighted by Crippen LogP contribution is 2.37. The normalized spacial score (nSPS) is 20.0. The number of carbonyl (C=O) groups is 2. The van der Waals surface area contributed by atoms with Crippen molar-refractivity contribution in [2.45, 2.75) is 25.5 Å². The summed E-state index contributed by atoms with van der Waals surface area (Å²) in [6, 6.07) is 12.0. The van der Waals surface area contributed by atoms with Crippen molar-refractivity contribution in [2.24, 2.45) is 0 Å². The van der Waals surface area contributed by atoms with Crippen LogP contribution in [0.25, 0.3) is 0 Å². The topological polar surface area (TPSA) is 87.2 Å². The van der Waals surface area contributed by atoms with E-state index in [-0.39, 0.29) is 24.4 Å². The molecule has 0 saturated carbocycles. The van der Waals surface area contributed by atoms with Gasteiger partial charge in [0.25, 0.3) is 11.8 Å². The fourth-order valence-corrected chi connectivity index (χ4v) is 5.50. The van der Waals surface area contributed by atoms with Crippen molar-refractivity contribution in [1.82, 2.24) is 4.90 Å². The molecule has 2 aromatic rings. The SMILES string of the molecule is C[C@H]1Cc2cc(C(=O)N3C[C@@H](C(=O)N(C)C)Oc4ccccc43)ccc2N1S(C)(=O)=O. The summed E-state index contributed by atoms with van der Waals surface area (Å²) in [6.07, 6.45) is 0.916. The van der Waals surface area contributed by atoms with Crippen molar-refractivity contribution in [3.05, 3.63) is 53.6 Å². The molecule has 0 bridgehead atoms. The van der Waals surface area contributed by atoms with Gasteiger partial charge in [-0.15, -0.1) is 0 Å². The van der Waals surface area contributed by atoms with E-state index < -0.39 is 16.1 Å². The van der Waals surface area contributed by atoms with Gasteiger partial charge >= 0.3 is 0 Å². The van der Waals surface area contributed by atoms with Crippen LogP contribution in [-0.2, 0) is 21.2 Å². The predicted molar refractivity (Wildman–Crippen MR) is 118 cm³/mol. The zero-order valence-electron chi connectivity index (χ0n) is 17.9. The molecule has 9 heteroatoms. The maximum absolute atomic E-state index is 13.5. The quantitative estimate of drug-likeness (QED) is 0.723. The zero-order chi connectivity index (χ0) is 22.5. The summed E-state index contributed by atoms with van der Waals surface area (Å²) in [5.41, 5.74) is 2.46. The Bertz CT molecular complexity index is 1160. The van der Waals surface area contributed by atoms with Gasteiger partial charge in [0, 0.05) is 25.7 Å². The molecule has 0 unspecified atom stereocenters. The molecule has 0 aliphatic carbocycles. The third-order valence-electron chi connectivity index (χ3n) is 5.57. The number of anilines is 2. The first-order chi connectivity index (χ1) is 14.6. The summed E-state index contributed by atoms with van der Waals surface area (Å²) in [7, 11) is -0.112. The molecular weight excluding hydrogens is 418 g/mol. The molecule has 0 fully saturated rings. The van der Waals surface area contributed by atoms with Crippen LogP contribution < -0.4 is 13.9 Å². The van der Waals surface area contributed by atoms with Crippen LogP contribution in [-0.4, -0.2) is 64.2 Å². The molecule has 0 N–H and O–H groups in total. The van der Waals surface area contributed by atoms with Crippen molar-refractivity contribution in [3.63, 3.8) is 0 Å². The van der Waals surface area contributed by atoms with Crippen molar-refractivity contribution < 1.29 is 22.7 Å². The number of hydrogen-bond donors (Lipinski definition) is 0. The summed E-state index contributed by atoms with van der Waals surface area (Å²) in [5, 5.41) is 0. The van der Waals surface area contributed by atoms with E-state index in [0.29, 0.717) is 29.1 Å². The van der Waals surface area contributed by atoms with Crippen LogP contribution >= 0.6 is 0 Å². The molecule has 2 heterocycles. The standard InChI is InChI=1S/C22H25N3O5S/c1-14-11-16-12-15(9-10-17(16)25(14)31(4,28)29)21(26)24-13-20(22(27)23(2)3)30-19-8-6-5-7-18(19)24/h5-10,12,14,20H,11,13H2,1-4H3/t14-,20-/m0/s1. The highest BCUT2D eigenvalue weighted by Gasteiger charge is 2.36. The molecule has 2 amide bonds. The average molecular weight is 444 g/mol. The van der Waals surface area contributed by atoms with E-state index >= 15 is 0 Å². The maximum Gasteiger partial charge on any atom is 0.265 e. The van der Waals surface area contributed by atoms with Gasteiger partial charge in [0.1, 0.15) is 5.75 Å². The zero-order valence-corrected chi connectivity index (χ0v) is 18.7. The third kappa shape index (κ3) is 3.74. The number of ether oxygens (including phenoxy) is 1.